The lowest BCUT2D eigenvalue weighted by atomic mass is 10.2. The maximum absolute atomic E-state index is 12.4. The number of nitrogens with two attached hydrogens (primary N) is 1. The summed E-state index contributed by atoms with van der Waals surface area (Å²) in [7, 11) is 0. The summed E-state index contributed by atoms with van der Waals surface area (Å²) >= 11 is 0. The lowest BCUT2D eigenvalue weighted by Gasteiger charge is -2.10. The Kier molecular flexibility index (Phi) is 4.82. The van der Waals surface area contributed by atoms with Gasteiger partial charge in [0.15, 0.2) is 5.65 Å². The van der Waals surface area contributed by atoms with Crippen LogP contribution < -0.4 is 16.4 Å². The Morgan fingerprint density at radius 1 is 1.07 bits per heavy atom. The second-order valence-corrected chi connectivity index (χ2v) is 6.89. The largest absolute Gasteiger partial charge is 0.397 e. The Labute approximate surface area is 167 Å². The number of fused-ring (bicyclic) bond motifs is 1. The molecule has 4 rings (SSSR count). The number of nitrogens with zero attached hydrogens (tertiary/aromatic N) is 4. The molecule has 8 nitrogen and oxygen atoms in total. The topological polar surface area (TPSA) is 111 Å². The van der Waals surface area contributed by atoms with E-state index in [4.69, 9.17) is 5.73 Å². The lowest BCUT2D eigenvalue weighted by Crippen LogP contribution is -2.13. The summed E-state index contributed by atoms with van der Waals surface area (Å²) in [6, 6.07) is 14.5. The van der Waals surface area contributed by atoms with Crippen LogP contribution >= 0.6 is 0 Å². The maximum atomic E-state index is 12.4. The lowest BCUT2D eigenvalue weighted by molar-refractivity contribution is 0.102. The third-order valence-electron chi connectivity index (χ3n) is 4.48. The van der Waals surface area contributed by atoms with Crippen LogP contribution in [-0.4, -0.2) is 25.4 Å². The Morgan fingerprint density at radius 3 is 2.55 bits per heavy atom. The number of benzene rings is 2. The average Bonchev–Trinajstić information content (AvgIpc) is 3.14. The fourth-order valence-electron chi connectivity index (χ4n) is 2.90. The Hall–Kier alpha value is -3.94. The number of carbonyl (C=O) groups excluding carboxylic acids is 1. The molecule has 0 fully saturated rings. The molecule has 0 saturated heterocycles. The molecule has 29 heavy (non-hydrogen) atoms. The molecule has 0 unspecified atom stereocenters. The predicted molar refractivity (Wildman–Crippen MR) is 114 cm³/mol. The number of anilines is 4. The first kappa shape index (κ1) is 18.4. The zero-order valence-electron chi connectivity index (χ0n) is 16.1. The molecule has 0 saturated carbocycles. The number of carbonyl (C=O) groups is 1. The van der Waals surface area contributed by atoms with Crippen molar-refractivity contribution in [3.8, 4) is 0 Å². The van der Waals surface area contributed by atoms with E-state index in [1.165, 1.54) is 0 Å². The highest BCUT2D eigenvalue weighted by atomic mass is 16.1. The monoisotopic (exact) mass is 387 g/mol. The second-order valence-electron chi connectivity index (χ2n) is 6.89. The number of hydrogen-bond acceptors (Lipinski definition) is 6. The summed E-state index contributed by atoms with van der Waals surface area (Å²) in [6.45, 7) is 4.15. The van der Waals surface area contributed by atoms with Crippen LogP contribution in [0.15, 0.2) is 61.1 Å². The zero-order valence-corrected chi connectivity index (χ0v) is 16.1. The number of aromatic nitrogens is 4. The Morgan fingerprint density at radius 2 is 1.83 bits per heavy atom. The van der Waals surface area contributed by atoms with Crippen LogP contribution in [-0.2, 0) is 0 Å². The molecule has 0 spiro atoms. The average molecular weight is 387 g/mol. The highest BCUT2D eigenvalue weighted by Gasteiger charge is 2.10. The van der Waals surface area contributed by atoms with Crippen molar-refractivity contribution >= 4 is 40.1 Å². The minimum Gasteiger partial charge on any atom is -0.397 e. The van der Waals surface area contributed by atoms with Gasteiger partial charge in [0.05, 0.1) is 23.9 Å². The van der Waals surface area contributed by atoms with Gasteiger partial charge in [-0.2, -0.15) is 4.98 Å². The van der Waals surface area contributed by atoms with Crippen molar-refractivity contribution in [1.82, 2.24) is 19.5 Å². The van der Waals surface area contributed by atoms with Crippen LogP contribution in [0, 0.1) is 0 Å². The van der Waals surface area contributed by atoms with Crippen molar-refractivity contribution in [3.63, 3.8) is 0 Å². The first-order valence-corrected chi connectivity index (χ1v) is 9.24. The van der Waals surface area contributed by atoms with E-state index in [9.17, 15) is 4.79 Å². The Balaban J connectivity index is 1.49. The number of nitrogen functional groups attached to an aromatic ring is 1. The summed E-state index contributed by atoms with van der Waals surface area (Å²) in [5, 5.41) is 5.97. The molecule has 2 aromatic carbocycles. The van der Waals surface area contributed by atoms with Crippen molar-refractivity contribution in [2.75, 3.05) is 16.4 Å². The van der Waals surface area contributed by atoms with Crippen LogP contribution in [0.25, 0.3) is 11.2 Å². The molecule has 2 heterocycles. The smallest absolute Gasteiger partial charge is 0.255 e. The summed E-state index contributed by atoms with van der Waals surface area (Å²) in [6.07, 6.45) is 3.45. The van der Waals surface area contributed by atoms with Crippen molar-refractivity contribution in [3.05, 3.63) is 66.6 Å². The molecule has 146 valence electrons. The SMILES string of the molecule is CC(C)n1cnc2cnc(Nc3ccc(C(=O)Nc4ccccc4N)cc3)nc21. The van der Waals surface area contributed by atoms with E-state index in [2.05, 4.69) is 39.4 Å². The van der Waals surface area contributed by atoms with Crippen LogP contribution in [0.2, 0.25) is 0 Å². The van der Waals surface area contributed by atoms with Gasteiger partial charge in [-0.25, -0.2) is 9.97 Å². The van der Waals surface area contributed by atoms with Crippen molar-refractivity contribution in [2.24, 2.45) is 0 Å². The van der Waals surface area contributed by atoms with E-state index in [0.717, 1.165) is 16.9 Å². The minimum atomic E-state index is -0.229. The van der Waals surface area contributed by atoms with Crippen molar-refractivity contribution in [2.45, 2.75) is 19.9 Å². The first-order valence-electron chi connectivity index (χ1n) is 9.24. The van der Waals surface area contributed by atoms with E-state index >= 15 is 0 Å². The number of imidazole rings is 1. The van der Waals surface area contributed by atoms with E-state index in [1.807, 2.05) is 16.7 Å². The summed E-state index contributed by atoms with van der Waals surface area (Å²) in [5.41, 5.74) is 9.79. The molecule has 0 aliphatic heterocycles. The molecular weight excluding hydrogens is 366 g/mol. The van der Waals surface area contributed by atoms with Gasteiger partial charge < -0.3 is 20.9 Å². The second kappa shape index (κ2) is 7.59. The van der Waals surface area contributed by atoms with E-state index in [-0.39, 0.29) is 11.9 Å². The van der Waals surface area contributed by atoms with Crippen molar-refractivity contribution in [1.29, 1.82) is 0 Å². The summed E-state index contributed by atoms with van der Waals surface area (Å²) in [4.78, 5) is 25.6. The van der Waals surface area contributed by atoms with Gasteiger partial charge in [-0.05, 0) is 50.2 Å². The van der Waals surface area contributed by atoms with Gasteiger partial charge in [-0.1, -0.05) is 12.1 Å². The number of nitrogens with one attached hydrogen (secondary N) is 2. The predicted octanol–water partition coefficient (Wildman–Crippen LogP) is 3.99. The highest BCUT2D eigenvalue weighted by Crippen LogP contribution is 2.20. The van der Waals surface area contributed by atoms with Gasteiger partial charge in [-0.15, -0.1) is 0 Å². The summed E-state index contributed by atoms with van der Waals surface area (Å²) < 4.78 is 1.99. The number of rotatable bonds is 5. The molecule has 0 atom stereocenters. The molecule has 0 aliphatic rings. The first-order chi connectivity index (χ1) is 14.0. The van der Waals surface area contributed by atoms with Crippen LogP contribution in [0.4, 0.5) is 23.0 Å². The Bertz CT molecular complexity index is 1170. The molecule has 8 heteroatoms. The maximum Gasteiger partial charge on any atom is 0.255 e. The van der Waals surface area contributed by atoms with Gasteiger partial charge >= 0.3 is 0 Å². The number of para-hydroxylation sites is 2. The number of amides is 1. The molecule has 4 aromatic rings. The summed E-state index contributed by atoms with van der Waals surface area (Å²) in [5.74, 6) is 0.238. The molecular formula is C21H21N7O. The molecule has 1 amide bonds. The van der Waals surface area contributed by atoms with Crippen LogP contribution in [0.1, 0.15) is 30.2 Å². The molecule has 0 bridgehead atoms. The molecule has 0 radical (unpaired) electrons. The zero-order chi connectivity index (χ0) is 20.4. The third kappa shape index (κ3) is 3.86. The van der Waals surface area contributed by atoms with Crippen LogP contribution in [0.5, 0.6) is 0 Å². The fraction of sp³-hybridized carbons (Fsp3) is 0.143. The van der Waals surface area contributed by atoms with Gasteiger partial charge in [0.2, 0.25) is 5.95 Å². The van der Waals surface area contributed by atoms with Crippen molar-refractivity contribution < 1.29 is 4.79 Å². The van der Waals surface area contributed by atoms with Gasteiger partial charge in [0.25, 0.3) is 5.91 Å². The van der Waals surface area contributed by atoms with E-state index in [1.54, 1.807) is 48.9 Å². The minimum absolute atomic E-state index is 0.229. The molecule has 2 aromatic heterocycles. The highest BCUT2D eigenvalue weighted by molar-refractivity contribution is 6.05. The van der Waals surface area contributed by atoms with Crippen LogP contribution in [0.3, 0.4) is 0 Å². The standard InChI is InChI=1S/C21H21N7O/c1-13(2)28-12-24-18-11-23-21(27-19(18)28)25-15-9-7-14(8-10-15)20(29)26-17-6-4-3-5-16(17)22/h3-13H,22H2,1-2H3,(H,26,29)(H,23,25,27). The van der Waals surface area contributed by atoms with Gasteiger partial charge in [0.1, 0.15) is 5.52 Å². The third-order valence-corrected chi connectivity index (χ3v) is 4.48. The normalized spacial score (nSPS) is 11.0. The number of hydrogen-bond donors (Lipinski definition) is 3. The van der Waals surface area contributed by atoms with E-state index < -0.39 is 0 Å². The van der Waals surface area contributed by atoms with E-state index in [0.29, 0.717) is 22.9 Å². The quantitative estimate of drug-likeness (QED) is 0.447. The molecule has 4 N–H and O–H groups in total. The molecule has 0 aliphatic carbocycles. The van der Waals surface area contributed by atoms with Gasteiger partial charge in [-0.3, -0.25) is 4.79 Å². The van der Waals surface area contributed by atoms with Gasteiger partial charge in [0, 0.05) is 17.3 Å². The fourth-order valence-corrected chi connectivity index (χ4v) is 2.90.